The average Bonchev–Trinajstić information content (AvgIpc) is 0. The minimum absolute atomic E-state index is 0. The van der Waals surface area contributed by atoms with Gasteiger partial charge >= 0.3 is 35.3 Å². The van der Waals surface area contributed by atoms with Gasteiger partial charge in [0.25, 0.3) is 0 Å². The van der Waals surface area contributed by atoms with Gasteiger partial charge in [-0.05, 0) is 0 Å². The van der Waals surface area contributed by atoms with Crippen LogP contribution >= 0.6 is 0 Å². The summed E-state index contributed by atoms with van der Waals surface area (Å²) in [5.41, 5.74) is 0. The first kappa shape index (κ1) is 1970. The molecule has 0 aromatic carbocycles. The van der Waals surface area contributed by atoms with Crippen molar-refractivity contribution in [1.29, 1.82) is 0 Å². The van der Waals surface area contributed by atoms with Crippen LogP contribution < -0.4 is 32.9 Å². The normalized spacial score (nSPS) is 0. The molecule has 0 aliphatic carbocycles. The molecule has 0 nitrogen and oxygen atoms in total. The molecule has 0 aliphatic rings. The molecular formula is CoF7V. The Hall–Kier alpha value is 0.601. The van der Waals surface area contributed by atoms with Gasteiger partial charge in [-0.2, -0.15) is 0 Å². The molecule has 9 heteroatoms. The predicted octanol–water partition coefficient (Wildman–Crippen LogP) is -21.0. The Morgan fingerprint density at radius 1 is 0.333 bits per heavy atom. The summed E-state index contributed by atoms with van der Waals surface area (Å²) in [7, 11) is 0. The van der Waals surface area contributed by atoms with Gasteiger partial charge in [0.05, 0.1) is 0 Å². The van der Waals surface area contributed by atoms with E-state index in [9.17, 15) is 0 Å². The first-order valence-corrected chi connectivity index (χ1v) is 0. The standard InChI is InChI=1S/Co.7FH.V/h;7*1H;/q+2;;;;;;;;+5/p-7. The Labute approximate surface area is 68.8 Å². The Kier molecular flexibility index (Phi) is 301000. The zero-order chi connectivity index (χ0) is 0. The summed E-state index contributed by atoms with van der Waals surface area (Å²) >= 11 is 0. The van der Waals surface area contributed by atoms with Crippen molar-refractivity contribution in [3.05, 3.63) is 0 Å². The van der Waals surface area contributed by atoms with Crippen LogP contribution in [0.25, 0.3) is 0 Å². The van der Waals surface area contributed by atoms with Crippen molar-refractivity contribution in [2.75, 3.05) is 0 Å². The van der Waals surface area contributed by atoms with Crippen molar-refractivity contribution < 1.29 is 68.3 Å². The van der Waals surface area contributed by atoms with Crippen LogP contribution in [0.3, 0.4) is 0 Å². The largest absolute Gasteiger partial charge is 5.00 e. The monoisotopic (exact) mass is 243 g/mol. The number of hydrogen-bond donors (Lipinski definition) is 0. The molecule has 0 atom stereocenters. The third kappa shape index (κ3) is 1040. The molecule has 0 saturated heterocycles. The molecule has 0 aliphatic heterocycles. The second kappa shape index (κ2) is 1380. The van der Waals surface area contributed by atoms with E-state index in [1.54, 1.807) is 0 Å². The van der Waals surface area contributed by atoms with Gasteiger partial charge in [0.2, 0.25) is 0 Å². The van der Waals surface area contributed by atoms with Gasteiger partial charge in [-0.25, -0.2) is 0 Å². The molecule has 0 rings (SSSR count). The van der Waals surface area contributed by atoms with E-state index >= 15 is 0 Å². The molecule has 63 valence electrons. The zero-order valence-electron chi connectivity index (χ0n) is 3.43. The molecule has 0 aromatic heterocycles. The number of rotatable bonds is 0. The second-order valence-corrected chi connectivity index (χ2v) is 0. The SMILES string of the molecule is [Co+2].[F-].[F-].[F-].[F-].[F-].[F-].[F-].[V+5]. The van der Waals surface area contributed by atoms with Crippen molar-refractivity contribution in [2.24, 2.45) is 0 Å². The van der Waals surface area contributed by atoms with E-state index in [1.165, 1.54) is 0 Å². The van der Waals surface area contributed by atoms with E-state index in [-0.39, 0.29) is 68.3 Å². The fraction of sp³-hybridized carbons (Fsp3) is 0. The van der Waals surface area contributed by atoms with Gasteiger partial charge in [0, 0.05) is 0 Å². The molecule has 0 spiro atoms. The maximum atomic E-state index is 0. The molecule has 0 aromatic rings. The first-order chi connectivity index (χ1) is 0. The van der Waals surface area contributed by atoms with E-state index in [0.717, 1.165) is 0 Å². The fourth-order valence-corrected chi connectivity index (χ4v) is 0. The number of hydrogen-bond acceptors (Lipinski definition) is 0. The molecule has 9 heavy (non-hydrogen) atoms. The molecule has 0 heterocycles. The molecule has 0 unspecified atom stereocenters. The minimum Gasteiger partial charge on any atom is -1.00 e. The fourth-order valence-electron chi connectivity index (χ4n) is 0. The molecule has 0 saturated carbocycles. The maximum Gasteiger partial charge on any atom is 5.00 e. The second-order valence-electron chi connectivity index (χ2n) is 0. The topological polar surface area (TPSA) is 0 Å². The van der Waals surface area contributed by atoms with Crippen LogP contribution in [0.15, 0.2) is 0 Å². The summed E-state index contributed by atoms with van der Waals surface area (Å²) in [4.78, 5) is 0. The Morgan fingerprint density at radius 3 is 0.333 bits per heavy atom. The first-order valence-electron chi connectivity index (χ1n) is 0. The summed E-state index contributed by atoms with van der Waals surface area (Å²) < 4.78 is 0. The Bertz CT molecular complexity index is 8.88. The Morgan fingerprint density at radius 2 is 0.333 bits per heavy atom. The van der Waals surface area contributed by atoms with Crippen LogP contribution in [0.4, 0.5) is 0 Å². The molecule has 0 fully saturated rings. The van der Waals surface area contributed by atoms with E-state index in [1.807, 2.05) is 0 Å². The van der Waals surface area contributed by atoms with Crippen molar-refractivity contribution in [1.82, 2.24) is 0 Å². The van der Waals surface area contributed by atoms with Crippen LogP contribution in [0, 0.1) is 0 Å². The van der Waals surface area contributed by atoms with Crippen LogP contribution in [0.5, 0.6) is 0 Å². The molecule has 0 bridgehead atoms. The molecule has 1 radical (unpaired) electrons. The minimum atomic E-state index is 0. The summed E-state index contributed by atoms with van der Waals surface area (Å²) in [6.07, 6.45) is 0. The van der Waals surface area contributed by atoms with E-state index in [0.29, 0.717) is 0 Å². The predicted molar refractivity (Wildman–Crippen MR) is 0 cm³/mol. The van der Waals surface area contributed by atoms with Crippen molar-refractivity contribution in [3.8, 4) is 0 Å². The van der Waals surface area contributed by atoms with Crippen molar-refractivity contribution in [2.45, 2.75) is 0 Å². The van der Waals surface area contributed by atoms with Crippen LogP contribution in [0.1, 0.15) is 0 Å². The van der Waals surface area contributed by atoms with E-state index in [2.05, 4.69) is 0 Å². The van der Waals surface area contributed by atoms with Crippen LogP contribution in [0.2, 0.25) is 0 Å². The van der Waals surface area contributed by atoms with Gasteiger partial charge in [0.1, 0.15) is 0 Å². The van der Waals surface area contributed by atoms with E-state index < -0.39 is 0 Å². The molecular weight excluding hydrogens is 243 g/mol. The van der Waals surface area contributed by atoms with E-state index in [4.69, 9.17) is 0 Å². The summed E-state index contributed by atoms with van der Waals surface area (Å²) in [6.45, 7) is 0. The van der Waals surface area contributed by atoms with Gasteiger partial charge < -0.3 is 32.9 Å². The van der Waals surface area contributed by atoms with Crippen LogP contribution in [-0.4, -0.2) is 0 Å². The van der Waals surface area contributed by atoms with Crippen molar-refractivity contribution in [3.63, 3.8) is 0 Å². The number of halogens is 7. The van der Waals surface area contributed by atoms with Gasteiger partial charge in [-0.3, -0.25) is 0 Å². The summed E-state index contributed by atoms with van der Waals surface area (Å²) in [5.74, 6) is 0. The average molecular weight is 243 g/mol. The maximum absolute atomic E-state index is 0. The van der Waals surface area contributed by atoms with Crippen molar-refractivity contribution >= 4 is 0 Å². The summed E-state index contributed by atoms with van der Waals surface area (Å²) in [6, 6.07) is 0. The smallest absolute Gasteiger partial charge is 1.00 e. The van der Waals surface area contributed by atoms with Gasteiger partial charge in [-0.1, -0.05) is 0 Å². The molecule has 0 amide bonds. The zero-order valence-corrected chi connectivity index (χ0v) is 5.86. The van der Waals surface area contributed by atoms with Crippen LogP contribution in [-0.2, 0) is 35.3 Å². The Balaban J connectivity index is 0. The van der Waals surface area contributed by atoms with Gasteiger partial charge in [0.15, 0.2) is 0 Å². The third-order valence-electron chi connectivity index (χ3n) is 0. The third-order valence-corrected chi connectivity index (χ3v) is 0. The molecule has 0 N–H and O–H groups in total. The van der Waals surface area contributed by atoms with Gasteiger partial charge in [-0.15, -0.1) is 0 Å². The quantitative estimate of drug-likeness (QED) is 0.370. The summed E-state index contributed by atoms with van der Waals surface area (Å²) in [5, 5.41) is 0.